The van der Waals surface area contributed by atoms with Crippen LogP contribution in [0.2, 0.25) is 0 Å². The van der Waals surface area contributed by atoms with E-state index in [2.05, 4.69) is 5.32 Å². The molecule has 1 fully saturated rings. The predicted octanol–water partition coefficient (Wildman–Crippen LogP) is 4.55. The zero-order valence-corrected chi connectivity index (χ0v) is 12.4. The molecule has 3 rings (SSSR count). The molecule has 0 saturated heterocycles. The predicted molar refractivity (Wildman–Crippen MR) is 81.5 cm³/mol. The van der Waals surface area contributed by atoms with Gasteiger partial charge in [0.1, 0.15) is 17.5 Å². The minimum atomic E-state index is -0.872. The van der Waals surface area contributed by atoms with Gasteiger partial charge >= 0.3 is 0 Å². The highest BCUT2D eigenvalue weighted by molar-refractivity contribution is 5.99. The Balaban J connectivity index is 1.93. The lowest BCUT2D eigenvalue weighted by atomic mass is 9.78. The van der Waals surface area contributed by atoms with Crippen LogP contribution in [0, 0.1) is 17.5 Å². The summed E-state index contributed by atoms with van der Waals surface area (Å²) in [5.41, 5.74) is -0.350. The van der Waals surface area contributed by atoms with E-state index in [1.165, 1.54) is 18.2 Å². The van der Waals surface area contributed by atoms with E-state index in [1.807, 2.05) is 0 Å². The third-order valence-electron chi connectivity index (χ3n) is 4.45. The fourth-order valence-electron chi connectivity index (χ4n) is 3.24. The highest BCUT2D eigenvalue weighted by Crippen LogP contribution is 2.42. The van der Waals surface area contributed by atoms with Gasteiger partial charge in [-0.05, 0) is 42.7 Å². The maximum absolute atomic E-state index is 13.8. The molecular weight excluding hydrogens is 303 g/mol. The molecule has 120 valence electrons. The zero-order valence-electron chi connectivity index (χ0n) is 12.4. The van der Waals surface area contributed by atoms with Gasteiger partial charge in [0.25, 0.3) is 0 Å². The highest BCUT2D eigenvalue weighted by Gasteiger charge is 2.43. The fourth-order valence-corrected chi connectivity index (χ4v) is 3.24. The molecule has 5 heteroatoms. The molecule has 0 spiro atoms. The number of hydrogen-bond acceptors (Lipinski definition) is 1. The van der Waals surface area contributed by atoms with Crippen LogP contribution in [0.4, 0.5) is 18.9 Å². The first-order chi connectivity index (χ1) is 11.0. The number of rotatable bonds is 3. The van der Waals surface area contributed by atoms with Crippen molar-refractivity contribution >= 4 is 11.6 Å². The minimum absolute atomic E-state index is 0.0703. The Morgan fingerprint density at radius 2 is 1.65 bits per heavy atom. The van der Waals surface area contributed by atoms with Crippen LogP contribution < -0.4 is 5.32 Å². The lowest BCUT2D eigenvalue weighted by molar-refractivity contribution is -0.121. The summed E-state index contributed by atoms with van der Waals surface area (Å²) in [5.74, 6) is -2.33. The molecule has 23 heavy (non-hydrogen) atoms. The Morgan fingerprint density at radius 1 is 0.957 bits per heavy atom. The molecule has 1 aliphatic carbocycles. The first-order valence-electron chi connectivity index (χ1n) is 7.54. The number of nitrogens with one attached hydrogen (secondary N) is 1. The molecule has 0 bridgehead atoms. The minimum Gasteiger partial charge on any atom is -0.323 e. The lowest BCUT2D eigenvalue weighted by Gasteiger charge is -2.28. The van der Waals surface area contributed by atoms with E-state index in [4.69, 9.17) is 0 Å². The highest BCUT2D eigenvalue weighted by atomic mass is 19.1. The van der Waals surface area contributed by atoms with Gasteiger partial charge in [0.05, 0.1) is 11.1 Å². The van der Waals surface area contributed by atoms with E-state index in [1.54, 1.807) is 12.1 Å². The normalized spacial score (nSPS) is 16.3. The van der Waals surface area contributed by atoms with E-state index < -0.39 is 22.9 Å². The summed E-state index contributed by atoms with van der Waals surface area (Å²) in [6, 6.07) is 8.96. The molecule has 2 nitrogen and oxygen atoms in total. The molecule has 0 aliphatic heterocycles. The van der Waals surface area contributed by atoms with E-state index >= 15 is 0 Å². The van der Waals surface area contributed by atoms with Crippen molar-refractivity contribution in [3.63, 3.8) is 0 Å². The Bertz CT molecular complexity index is 739. The van der Waals surface area contributed by atoms with Crippen molar-refractivity contribution in [1.29, 1.82) is 0 Å². The van der Waals surface area contributed by atoms with Gasteiger partial charge in [-0.2, -0.15) is 0 Å². The van der Waals surface area contributed by atoms with Crippen LogP contribution in [0.3, 0.4) is 0 Å². The average molecular weight is 319 g/mol. The van der Waals surface area contributed by atoms with Gasteiger partial charge < -0.3 is 5.32 Å². The number of anilines is 1. The first-order valence-corrected chi connectivity index (χ1v) is 7.54. The summed E-state index contributed by atoms with van der Waals surface area (Å²) in [6.07, 6.45) is 2.84. The molecule has 2 aromatic carbocycles. The van der Waals surface area contributed by atoms with Gasteiger partial charge in [-0.15, -0.1) is 0 Å². The maximum atomic E-state index is 13.8. The quantitative estimate of drug-likeness (QED) is 0.883. The summed E-state index contributed by atoms with van der Waals surface area (Å²) in [4.78, 5) is 12.8. The molecular formula is C18H16F3NO. The summed E-state index contributed by atoms with van der Waals surface area (Å²) in [5, 5.41) is 2.54. The van der Waals surface area contributed by atoms with Crippen LogP contribution in [0.1, 0.15) is 31.2 Å². The second kappa shape index (κ2) is 6.07. The first kappa shape index (κ1) is 15.6. The molecule has 0 aromatic heterocycles. The average Bonchev–Trinajstić information content (AvgIpc) is 3.01. The second-order valence-electron chi connectivity index (χ2n) is 5.88. The molecule has 0 radical (unpaired) electrons. The van der Waals surface area contributed by atoms with Crippen LogP contribution >= 0.6 is 0 Å². The molecule has 0 unspecified atom stereocenters. The van der Waals surface area contributed by atoms with Gasteiger partial charge in [0.2, 0.25) is 5.91 Å². The zero-order chi connectivity index (χ0) is 16.4. The van der Waals surface area contributed by atoms with Gasteiger partial charge in [-0.3, -0.25) is 4.79 Å². The largest absolute Gasteiger partial charge is 0.323 e. The van der Waals surface area contributed by atoms with Gasteiger partial charge in [0.15, 0.2) is 0 Å². The van der Waals surface area contributed by atoms with Crippen LogP contribution in [0.25, 0.3) is 0 Å². The molecule has 1 aliphatic rings. The third-order valence-corrected chi connectivity index (χ3v) is 4.45. The Labute approximate surface area is 132 Å². The van der Waals surface area contributed by atoms with Crippen molar-refractivity contribution < 1.29 is 18.0 Å². The van der Waals surface area contributed by atoms with Crippen molar-refractivity contribution in [2.24, 2.45) is 0 Å². The fraction of sp³-hybridized carbons (Fsp3) is 0.278. The molecule has 1 amide bonds. The van der Waals surface area contributed by atoms with E-state index in [9.17, 15) is 18.0 Å². The number of hydrogen-bond donors (Lipinski definition) is 1. The van der Waals surface area contributed by atoms with Crippen molar-refractivity contribution in [2.45, 2.75) is 31.1 Å². The number of carbonyl (C=O) groups excluding carboxylic acids is 1. The van der Waals surface area contributed by atoms with Crippen LogP contribution in [-0.2, 0) is 10.2 Å². The number of amides is 1. The van der Waals surface area contributed by atoms with E-state index in [0.29, 0.717) is 18.4 Å². The van der Waals surface area contributed by atoms with Crippen LogP contribution in [0.5, 0.6) is 0 Å². The van der Waals surface area contributed by atoms with Crippen molar-refractivity contribution in [3.8, 4) is 0 Å². The number of carbonyl (C=O) groups is 1. The maximum Gasteiger partial charge on any atom is 0.235 e. The van der Waals surface area contributed by atoms with Crippen LogP contribution in [-0.4, -0.2) is 5.91 Å². The summed E-state index contributed by atoms with van der Waals surface area (Å²) >= 11 is 0. The van der Waals surface area contributed by atoms with Crippen LogP contribution in [0.15, 0.2) is 42.5 Å². The second-order valence-corrected chi connectivity index (χ2v) is 5.88. The Morgan fingerprint density at radius 3 is 2.30 bits per heavy atom. The standard InChI is InChI=1S/C18H16F3NO/c19-13-5-3-4-12(10-13)18(8-1-2-9-18)17(23)22-16-7-6-14(20)11-15(16)21/h3-7,10-11H,1-2,8-9H2,(H,22,23). The topological polar surface area (TPSA) is 29.1 Å². The van der Waals surface area contributed by atoms with E-state index in [-0.39, 0.29) is 11.6 Å². The van der Waals surface area contributed by atoms with Crippen molar-refractivity contribution in [2.75, 3.05) is 5.32 Å². The molecule has 1 saturated carbocycles. The monoisotopic (exact) mass is 319 g/mol. The Hall–Kier alpha value is -2.30. The van der Waals surface area contributed by atoms with E-state index in [0.717, 1.165) is 25.0 Å². The summed E-state index contributed by atoms with van der Waals surface area (Å²) in [7, 11) is 0. The summed E-state index contributed by atoms with van der Waals surface area (Å²) < 4.78 is 40.3. The van der Waals surface area contributed by atoms with Gasteiger partial charge in [-0.25, -0.2) is 13.2 Å². The SMILES string of the molecule is O=C(Nc1ccc(F)cc1F)C1(c2cccc(F)c2)CCCC1. The third kappa shape index (κ3) is 2.96. The summed E-state index contributed by atoms with van der Waals surface area (Å²) in [6.45, 7) is 0. The molecule has 2 aromatic rings. The number of benzene rings is 2. The molecule has 0 atom stereocenters. The molecule has 0 heterocycles. The van der Waals surface area contributed by atoms with Gasteiger partial charge in [0, 0.05) is 6.07 Å². The van der Waals surface area contributed by atoms with Gasteiger partial charge in [-0.1, -0.05) is 25.0 Å². The number of halogens is 3. The van der Waals surface area contributed by atoms with Crippen molar-refractivity contribution in [1.82, 2.24) is 0 Å². The Kier molecular flexibility index (Phi) is 4.11. The smallest absolute Gasteiger partial charge is 0.235 e. The molecule has 1 N–H and O–H groups in total. The van der Waals surface area contributed by atoms with Crippen molar-refractivity contribution in [3.05, 3.63) is 65.5 Å². The lowest BCUT2D eigenvalue weighted by Crippen LogP contribution is -2.38.